The molecule has 0 unspecified atom stereocenters. The maximum Gasteiger partial charge on any atom is 0.269 e. The van der Waals surface area contributed by atoms with Crippen molar-refractivity contribution in [3.63, 3.8) is 0 Å². The highest BCUT2D eigenvalue weighted by Crippen LogP contribution is 2.32. The molecule has 3 aromatic carbocycles. The minimum Gasteiger partial charge on any atom is -0.490 e. The number of non-ortho nitro benzene ring substituents is 1. The molecule has 38 heavy (non-hydrogen) atoms. The summed E-state index contributed by atoms with van der Waals surface area (Å²) in [4.78, 5) is 34.7. The number of nitro groups is 1. The standard InChI is InChI=1S/C26H24N4O8/c1-2-35-23-11-18(5-9-21(23)36-15-17-3-7-20(8-4-17)30(33)34)13-28-29-25(31)14-27-26(32)19-6-10-22-24(12-19)38-16-37-22/h3-13H,2,14-16H2,1H3,(H,27,32)(H,29,31)/b28-13-. The summed E-state index contributed by atoms with van der Waals surface area (Å²) in [6.07, 6.45) is 1.43. The Morgan fingerprint density at radius 2 is 1.82 bits per heavy atom. The zero-order chi connectivity index (χ0) is 26.9. The second-order valence-corrected chi connectivity index (χ2v) is 7.90. The van der Waals surface area contributed by atoms with Crippen molar-refractivity contribution < 1.29 is 33.5 Å². The minimum atomic E-state index is -0.511. The van der Waals surface area contributed by atoms with Gasteiger partial charge in [0.05, 0.1) is 24.3 Å². The number of nitrogens with one attached hydrogen (secondary N) is 2. The molecule has 0 aromatic heterocycles. The molecule has 0 fully saturated rings. The van der Waals surface area contributed by atoms with Gasteiger partial charge in [-0.15, -0.1) is 0 Å². The van der Waals surface area contributed by atoms with E-state index in [-0.39, 0.29) is 25.6 Å². The molecule has 0 bridgehead atoms. The van der Waals surface area contributed by atoms with Crippen LogP contribution in [0.25, 0.3) is 0 Å². The van der Waals surface area contributed by atoms with Crippen LogP contribution in [0.2, 0.25) is 0 Å². The molecule has 0 saturated carbocycles. The number of rotatable bonds is 11. The zero-order valence-electron chi connectivity index (χ0n) is 20.3. The summed E-state index contributed by atoms with van der Waals surface area (Å²) in [6.45, 7) is 2.25. The number of carbonyl (C=O) groups excluding carboxylic acids is 2. The Balaban J connectivity index is 1.28. The van der Waals surface area contributed by atoms with E-state index in [0.717, 1.165) is 5.56 Å². The Morgan fingerprint density at radius 3 is 2.58 bits per heavy atom. The first-order chi connectivity index (χ1) is 18.4. The van der Waals surface area contributed by atoms with Crippen molar-refractivity contribution in [3.8, 4) is 23.0 Å². The molecule has 12 nitrogen and oxygen atoms in total. The second-order valence-electron chi connectivity index (χ2n) is 7.90. The van der Waals surface area contributed by atoms with Crippen LogP contribution >= 0.6 is 0 Å². The largest absolute Gasteiger partial charge is 0.490 e. The average Bonchev–Trinajstić information content (AvgIpc) is 3.40. The van der Waals surface area contributed by atoms with E-state index in [1.54, 1.807) is 48.5 Å². The number of hydrogen-bond acceptors (Lipinski definition) is 9. The number of nitrogens with zero attached hydrogens (tertiary/aromatic N) is 2. The van der Waals surface area contributed by atoms with Crippen molar-refractivity contribution in [2.75, 3.05) is 19.9 Å². The molecule has 2 N–H and O–H groups in total. The first-order valence-corrected chi connectivity index (χ1v) is 11.6. The smallest absolute Gasteiger partial charge is 0.269 e. The van der Waals surface area contributed by atoms with Crippen LogP contribution in [0.3, 0.4) is 0 Å². The van der Waals surface area contributed by atoms with Gasteiger partial charge < -0.3 is 24.3 Å². The predicted octanol–water partition coefficient (Wildman–Crippen LogP) is 3.18. The van der Waals surface area contributed by atoms with Crippen molar-refractivity contribution >= 4 is 23.7 Å². The van der Waals surface area contributed by atoms with E-state index in [1.165, 1.54) is 18.3 Å². The van der Waals surface area contributed by atoms with Gasteiger partial charge in [0.1, 0.15) is 6.61 Å². The number of nitro benzene ring substituents is 1. The van der Waals surface area contributed by atoms with E-state index in [9.17, 15) is 19.7 Å². The number of fused-ring (bicyclic) bond motifs is 1. The molecule has 1 heterocycles. The third-order valence-corrected chi connectivity index (χ3v) is 5.26. The predicted molar refractivity (Wildman–Crippen MR) is 136 cm³/mol. The fraction of sp³-hybridized carbons (Fsp3) is 0.192. The number of amides is 2. The van der Waals surface area contributed by atoms with Crippen molar-refractivity contribution in [1.82, 2.24) is 10.7 Å². The van der Waals surface area contributed by atoms with Crippen LogP contribution in [0, 0.1) is 10.1 Å². The van der Waals surface area contributed by atoms with E-state index in [1.807, 2.05) is 6.92 Å². The fourth-order valence-corrected chi connectivity index (χ4v) is 3.39. The van der Waals surface area contributed by atoms with Crippen LogP contribution in [0.15, 0.2) is 65.8 Å². The minimum absolute atomic E-state index is 0.00608. The third kappa shape index (κ3) is 6.75. The van der Waals surface area contributed by atoms with E-state index >= 15 is 0 Å². The maximum absolute atomic E-state index is 12.3. The van der Waals surface area contributed by atoms with Crippen LogP contribution < -0.4 is 29.7 Å². The lowest BCUT2D eigenvalue weighted by molar-refractivity contribution is -0.384. The molecule has 0 saturated heterocycles. The molecular formula is C26H24N4O8. The van der Waals surface area contributed by atoms with Crippen molar-refractivity contribution in [1.29, 1.82) is 0 Å². The number of hydrazone groups is 1. The molecule has 12 heteroatoms. The number of carbonyl (C=O) groups is 2. The highest BCUT2D eigenvalue weighted by Gasteiger charge is 2.16. The van der Waals surface area contributed by atoms with Crippen molar-refractivity contribution in [2.45, 2.75) is 13.5 Å². The Bertz CT molecular complexity index is 1360. The number of ether oxygens (including phenoxy) is 4. The lowest BCUT2D eigenvalue weighted by Gasteiger charge is -2.12. The Morgan fingerprint density at radius 1 is 1.03 bits per heavy atom. The van der Waals surface area contributed by atoms with Gasteiger partial charge in [-0.25, -0.2) is 5.43 Å². The monoisotopic (exact) mass is 520 g/mol. The van der Waals surface area contributed by atoms with Crippen LogP contribution in [0.1, 0.15) is 28.4 Å². The topological polar surface area (TPSA) is 151 Å². The molecule has 2 amide bonds. The van der Waals surface area contributed by atoms with Gasteiger partial charge in [0.2, 0.25) is 6.79 Å². The Kier molecular flexibility index (Phi) is 8.34. The molecule has 196 valence electrons. The van der Waals surface area contributed by atoms with E-state index < -0.39 is 16.7 Å². The average molecular weight is 520 g/mol. The summed E-state index contributed by atoms with van der Waals surface area (Å²) in [7, 11) is 0. The van der Waals surface area contributed by atoms with E-state index in [2.05, 4.69) is 15.8 Å². The maximum atomic E-state index is 12.3. The summed E-state index contributed by atoms with van der Waals surface area (Å²) in [6, 6.07) is 16.0. The molecule has 0 aliphatic carbocycles. The molecule has 0 spiro atoms. The van der Waals surface area contributed by atoms with Gasteiger partial charge in [0, 0.05) is 17.7 Å². The van der Waals surface area contributed by atoms with E-state index in [0.29, 0.717) is 40.7 Å². The molecule has 0 atom stereocenters. The third-order valence-electron chi connectivity index (χ3n) is 5.26. The highest BCUT2D eigenvalue weighted by molar-refractivity contribution is 5.97. The van der Waals surface area contributed by atoms with Crippen LogP contribution in [-0.2, 0) is 11.4 Å². The first kappa shape index (κ1) is 25.9. The Hall–Kier alpha value is -5.13. The molecule has 0 radical (unpaired) electrons. The molecule has 1 aliphatic heterocycles. The van der Waals surface area contributed by atoms with Crippen molar-refractivity contribution in [2.24, 2.45) is 5.10 Å². The van der Waals surface area contributed by atoms with Gasteiger partial charge >= 0.3 is 0 Å². The summed E-state index contributed by atoms with van der Waals surface area (Å²) < 4.78 is 21.9. The normalized spacial score (nSPS) is 11.7. The highest BCUT2D eigenvalue weighted by atomic mass is 16.7. The van der Waals surface area contributed by atoms with Gasteiger partial charge in [-0.3, -0.25) is 19.7 Å². The zero-order valence-corrected chi connectivity index (χ0v) is 20.3. The molecule has 3 aromatic rings. The van der Waals surface area contributed by atoms with E-state index in [4.69, 9.17) is 18.9 Å². The van der Waals surface area contributed by atoms with Crippen LogP contribution in [0.5, 0.6) is 23.0 Å². The second kappa shape index (κ2) is 12.2. The molecule has 4 rings (SSSR count). The fourth-order valence-electron chi connectivity index (χ4n) is 3.39. The van der Waals surface area contributed by atoms with Gasteiger partial charge in [0.25, 0.3) is 17.5 Å². The van der Waals surface area contributed by atoms with Crippen molar-refractivity contribution in [3.05, 3.63) is 87.5 Å². The molecular weight excluding hydrogens is 496 g/mol. The van der Waals surface area contributed by atoms with Gasteiger partial charge in [-0.1, -0.05) is 0 Å². The summed E-state index contributed by atoms with van der Waals surface area (Å²) in [5, 5.41) is 17.2. The van der Waals surface area contributed by atoms with Gasteiger partial charge in [-0.2, -0.15) is 5.10 Å². The SMILES string of the molecule is CCOc1cc(/C=N\NC(=O)CNC(=O)c2ccc3c(c2)OCO3)ccc1OCc1ccc([N+](=O)[O-])cc1. The summed E-state index contributed by atoms with van der Waals surface area (Å²) in [5.41, 5.74) is 4.10. The van der Waals surface area contributed by atoms with Gasteiger partial charge in [-0.05, 0) is 66.6 Å². The lowest BCUT2D eigenvalue weighted by atomic mass is 10.2. The number of benzene rings is 3. The quantitative estimate of drug-likeness (QED) is 0.222. The summed E-state index contributed by atoms with van der Waals surface area (Å²) >= 11 is 0. The molecule has 1 aliphatic rings. The van der Waals surface area contributed by atoms with Crippen LogP contribution in [-0.4, -0.2) is 42.9 Å². The van der Waals surface area contributed by atoms with Gasteiger partial charge in [0.15, 0.2) is 23.0 Å². The van der Waals surface area contributed by atoms with Crippen LogP contribution in [0.4, 0.5) is 5.69 Å². The lowest BCUT2D eigenvalue weighted by Crippen LogP contribution is -2.34. The Labute approximate surface area is 217 Å². The first-order valence-electron chi connectivity index (χ1n) is 11.6. The number of hydrogen-bond donors (Lipinski definition) is 2. The summed E-state index contributed by atoms with van der Waals surface area (Å²) in [5.74, 6) is 1.04.